The SMILES string of the molecule is CCOc1ccc(CN2C(=O)c3ccccc3C2=O)cc1C(=O)Nc1ccccc1CN1CCCC1. The van der Waals surface area contributed by atoms with Crippen molar-refractivity contribution < 1.29 is 19.1 Å². The Bertz CT molecular complexity index is 1280. The van der Waals surface area contributed by atoms with Crippen LogP contribution < -0.4 is 10.1 Å². The number of fused-ring (bicyclic) bond motifs is 1. The summed E-state index contributed by atoms with van der Waals surface area (Å²) in [7, 11) is 0. The van der Waals surface area contributed by atoms with Gasteiger partial charge in [-0.1, -0.05) is 36.4 Å². The molecule has 0 saturated carbocycles. The number of anilines is 1. The lowest BCUT2D eigenvalue weighted by Crippen LogP contribution is -2.29. The minimum Gasteiger partial charge on any atom is -0.493 e. The number of benzene rings is 3. The van der Waals surface area contributed by atoms with Crippen molar-refractivity contribution in [2.75, 3.05) is 25.0 Å². The second-order valence-corrected chi connectivity index (χ2v) is 9.10. The Balaban J connectivity index is 1.38. The number of likely N-dealkylation sites (tertiary alicyclic amines) is 1. The number of para-hydroxylation sites is 1. The molecule has 5 rings (SSSR count). The molecule has 0 aromatic heterocycles. The van der Waals surface area contributed by atoms with E-state index in [4.69, 9.17) is 4.74 Å². The number of hydrogen-bond donors (Lipinski definition) is 1. The fraction of sp³-hybridized carbons (Fsp3) is 0.276. The average molecular weight is 484 g/mol. The predicted molar refractivity (Wildman–Crippen MR) is 137 cm³/mol. The molecule has 2 heterocycles. The number of carbonyl (C=O) groups is 3. The fourth-order valence-electron chi connectivity index (χ4n) is 4.85. The van der Waals surface area contributed by atoms with Crippen molar-refractivity contribution >= 4 is 23.4 Å². The molecule has 0 aliphatic carbocycles. The minimum absolute atomic E-state index is 0.0740. The van der Waals surface area contributed by atoms with E-state index in [2.05, 4.69) is 10.2 Å². The van der Waals surface area contributed by atoms with Crippen LogP contribution in [0, 0.1) is 0 Å². The van der Waals surface area contributed by atoms with Gasteiger partial charge in [-0.2, -0.15) is 0 Å². The molecular weight excluding hydrogens is 454 g/mol. The van der Waals surface area contributed by atoms with Gasteiger partial charge in [0.15, 0.2) is 0 Å². The van der Waals surface area contributed by atoms with Crippen molar-refractivity contribution in [1.82, 2.24) is 9.80 Å². The smallest absolute Gasteiger partial charge is 0.261 e. The van der Waals surface area contributed by atoms with E-state index in [0.29, 0.717) is 34.6 Å². The number of nitrogens with zero attached hydrogens (tertiary/aromatic N) is 2. The summed E-state index contributed by atoms with van der Waals surface area (Å²) >= 11 is 0. The van der Waals surface area contributed by atoms with Gasteiger partial charge < -0.3 is 10.1 Å². The first-order valence-corrected chi connectivity index (χ1v) is 12.4. The predicted octanol–water partition coefficient (Wildman–Crippen LogP) is 4.73. The summed E-state index contributed by atoms with van der Waals surface area (Å²) in [5.74, 6) is -0.493. The molecule has 1 fully saturated rings. The van der Waals surface area contributed by atoms with Gasteiger partial charge >= 0.3 is 0 Å². The van der Waals surface area contributed by atoms with E-state index < -0.39 is 0 Å². The fourth-order valence-corrected chi connectivity index (χ4v) is 4.85. The highest BCUT2D eigenvalue weighted by atomic mass is 16.5. The van der Waals surface area contributed by atoms with Crippen molar-refractivity contribution in [3.8, 4) is 5.75 Å². The van der Waals surface area contributed by atoms with E-state index in [1.165, 1.54) is 17.7 Å². The molecule has 7 nitrogen and oxygen atoms in total. The van der Waals surface area contributed by atoms with Crippen molar-refractivity contribution in [2.45, 2.75) is 32.9 Å². The standard InChI is InChI=1S/C29H29N3O4/c1-2-36-26-14-13-20(18-32-28(34)22-10-4-5-11-23(22)29(32)35)17-24(26)27(33)30-25-12-6-3-9-21(25)19-31-15-7-8-16-31/h3-6,9-14,17H,2,7-8,15-16,18-19H2,1H3,(H,30,33). The van der Waals surface area contributed by atoms with Gasteiger partial charge in [-0.25, -0.2) is 0 Å². The van der Waals surface area contributed by atoms with Crippen molar-refractivity contribution in [3.05, 3.63) is 94.5 Å². The van der Waals surface area contributed by atoms with Crippen LogP contribution in [0.5, 0.6) is 5.75 Å². The molecule has 0 radical (unpaired) electrons. The molecule has 0 bridgehead atoms. The molecular formula is C29H29N3O4. The molecule has 2 aliphatic rings. The van der Waals surface area contributed by atoms with Gasteiger partial charge in [-0.3, -0.25) is 24.2 Å². The van der Waals surface area contributed by atoms with Crippen LogP contribution in [-0.4, -0.2) is 47.2 Å². The topological polar surface area (TPSA) is 78.9 Å². The zero-order valence-electron chi connectivity index (χ0n) is 20.3. The van der Waals surface area contributed by atoms with Gasteiger partial charge in [0.05, 0.1) is 29.8 Å². The van der Waals surface area contributed by atoms with Crippen LogP contribution in [0.4, 0.5) is 5.69 Å². The molecule has 1 N–H and O–H groups in total. The molecule has 0 unspecified atom stereocenters. The van der Waals surface area contributed by atoms with Crippen LogP contribution >= 0.6 is 0 Å². The first kappa shape index (κ1) is 23.8. The number of hydrogen-bond acceptors (Lipinski definition) is 5. The van der Waals surface area contributed by atoms with Gasteiger partial charge in [0.25, 0.3) is 17.7 Å². The van der Waals surface area contributed by atoms with E-state index in [1.54, 1.807) is 42.5 Å². The van der Waals surface area contributed by atoms with Gasteiger partial charge in [-0.05, 0) is 74.3 Å². The zero-order chi connectivity index (χ0) is 25.1. The molecule has 0 spiro atoms. The van der Waals surface area contributed by atoms with Crippen LogP contribution in [0.1, 0.15) is 62.0 Å². The Labute approximate surface area is 210 Å². The van der Waals surface area contributed by atoms with Crippen molar-refractivity contribution in [1.29, 1.82) is 0 Å². The Morgan fingerprint density at radius 3 is 2.25 bits per heavy atom. The molecule has 36 heavy (non-hydrogen) atoms. The number of ether oxygens (including phenoxy) is 1. The molecule has 1 saturated heterocycles. The molecule has 3 amide bonds. The third-order valence-electron chi connectivity index (χ3n) is 6.67. The summed E-state index contributed by atoms with van der Waals surface area (Å²) in [4.78, 5) is 42.7. The highest BCUT2D eigenvalue weighted by molar-refractivity contribution is 6.21. The molecule has 2 aliphatic heterocycles. The Morgan fingerprint density at radius 1 is 0.889 bits per heavy atom. The summed E-state index contributed by atoms with van der Waals surface area (Å²) in [6.07, 6.45) is 2.40. The van der Waals surface area contributed by atoms with E-state index in [0.717, 1.165) is 30.9 Å². The Morgan fingerprint density at radius 2 is 1.56 bits per heavy atom. The maximum atomic E-state index is 13.4. The Hall–Kier alpha value is -3.97. The van der Waals surface area contributed by atoms with Crippen molar-refractivity contribution in [3.63, 3.8) is 0 Å². The van der Waals surface area contributed by atoms with Crippen LogP contribution in [0.3, 0.4) is 0 Å². The summed E-state index contributed by atoms with van der Waals surface area (Å²) in [6.45, 7) is 5.26. The Kier molecular flexibility index (Phi) is 6.82. The number of nitrogens with one attached hydrogen (secondary N) is 1. The zero-order valence-corrected chi connectivity index (χ0v) is 20.3. The molecule has 3 aromatic rings. The quantitative estimate of drug-likeness (QED) is 0.469. The summed E-state index contributed by atoms with van der Waals surface area (Å²) in [5, 5.41) is 3.06. The van der Waals surface area contributed by atoms with Crippen LogP contribution in [0.2, 0.25) is 0 Å². The van der Waals surface area contributed by atoms with Gasteiger partial charge in [0, 0.05) is 12.2 Å². The third kappa shape index (κ3) is 4.75. The van der Waals surface area contributed by atoms with Gasteiger partial charge in [0.2, 0.25) is 0 Å². The van der Waals surface area contributed by atoms with Gasteiger partial charge in [0.1, 0.15) is 5.75 Å². The lowest BCUT2D eigenvalue weighted by atomic mass is 10.1. The maximum absolute atomic E-state index is 13.4. The molecule has 184 valence electrons. The second kappa shape index (κ2) is 10.3. The minimum atomic E-state index is -0.327. The first-order valence-electron chi connectivity index (χ1n) is 12.4. The molecule has 7 heteroatoms. The highest BCUT2D eigenvalue weighted by Crippen LogP contribution is 2.28. The second-order valence-electron chi connectivity index (χ2n) is 9.10. The third-order valence-corrected chi connectivity index (χ3v) is 6.67. The van der Waals surface area contributed by atoms with E-state index >= 15 is 0 Å². The van der Waals surface area contributed by atoms with E-state index in [-0.39, 0.29) is 24.3 Å². The number of amides is 3. The summed E-state index contributed by atoms with van der Waals surface area (Å²) in [6, 6.07) is 19.9. The summed E-state index contributed by atoms with van der Waals surface area (Å²) < 4.78 is 5.74. The number of imide groups is 1. The van der Waals surface area contributed by atoms with Crippen LogP contribution in [-0.2, 0) is 13.1 Å². The molecule has 3 aromatic carbocycles. The first-order chi connectivity index (χ1) is 17.5. The normalized spacial score (nSPS) is 15.3. The van der Waals surface area contributed by atoms with Gasteiger partial charge in [-0.15, -0.1) is 0 Å². The average Bonchev–Trinajstić information content (AvgIpc) is 3.49. The lowest BCUT2D eigenvalue weighted by molar-refractivity contribution is 0.0642. The lowest BCUT2D eigenvalue weighted by Gasteiger charge is -2.19. The maximum Gasteiger partial charge on any atom is 0.261 e. The molecule has 0 atom stereocenters. The van der Waals surface area contributed by atoms with Crippen molar-refractivity contribution in [2.24, 2.45) is 0 Å². The van der Waals surface area contributed by atoms with Crippen LogP contribution in [0.15, 0.2) is 66.7 Å². The number of rotatable bonds is 8. The number of carbonyl (C=O) groups excluding carboxylic acids is 3. The highest BCUT2D eigenvalue weighted by Gasteiger charge is 2.35. The van der Waals surface area contributed by atoms with Crippen LogP contribution in [0.25, 0.3) is 0 Å². The van der Waals surface area contributed by atoms with E-state index in [9.17, 15) is 14.4 Å². The largest absolute Gasteiger partial charge is 0.493 e. The monoisotopic (exact) mass is 483 g/mol. The summed E-state index contributed by atoms with van der Waals surface area (Å²) in [5.41, 5.74) is 3.67. The van der Waals surface area contributed by atoms with E-state index in [1.807, 2.05) is 31.2 Å².